The lowest BCUT2D eigenvalue weighted by Crippen LogP contribution is -2.58. The Kier molecular flexibility index (Phi) is 4.89. The molecular formula is C23H26N2O4. The zero-order valence-corrected chi connectivity index (χ0v) is 16.5. The first kappa shape index (κ1) is 18.5. The highest BCUT2D eigenvalue weighted by Gasteiger charge is 2.42. The van der Waals surface area contributed by atoms with E-state index in [1.165, 1.54) is 5.56 Å². The molecule has 6 nitrogen and oxygen atoms in total. The first-order chi connectivity index (χ1) is 14.2. The molecule has 0 bridgehead atoms. The van der Waals surface area contributed by atoms with Crippen LogP contribution in [0.2, 0.25) is 0 Å². The molecule has 1 spiro atoms. The molecule has 6 heteroatoms. The molecule has 3 heterocycles. The molecule has 2 aromatic rings. The van der Waals surface area contributed by atoms with Crippen molar-refractivity contribution in [3.8, 4) is 11.5 Å². The molecule has 3 aliphatic heterocycles. The Bertz CT molecular complexity index is 878. The van der Waals surface area contributed by atoms with Crippen molar-refractivity contribution in [2.75, 3.05) is 44.4 Å². The molecule has 0 aliphatic carbocycles. The Morgan fingerprint density at radius 3 is 2.48 bits per heavy atom. The maximum Gasteiger partial charge on any atom is 0.253 e. The van der Waals surface area contributed by atoms with Gasteiger partial charge >= 0.3 is 0 Å². The number of carbonyl (C=O) groups is 1. The Labute approximate surface area is 171 Å². The van der Waals surface area contributed by atoms with E-state index in [1.807, 2.05) is 41.3 Å². The lowest BCUT2D eigenvalue weighted by Gasteiger charge is -2.47. The molecule has 1 amide bonds. The summed E-state index contributed by atoms with van der Waals surface area (Å²) in [6.07, 6.45) is 1.85. The van der Waals surface area contributed by atoms with Crippen LogP contribution in [0, 0.1) is 0 Å². The number of rotatable bonds is 3. The third-order valence-corrected chi connectivity index (χ3v) is 6.10. The van der Waals surface area contributed by atoms with Crippen LogP contribution in [0.1, 0.15) is 18.4 Å². The van der Waals surface area contributed by atoms with E-state index in [1.54, 1.807) is 0 Å². The van der Waals surface area contributed by atoms with E-state index in [0.29, 0.717) is 19.8 Å². The molecular weight excluding hydrogens is 368 g/mol. The van der Waals surface area contributed by atoms with E-state index in [2.05, 4.69) is 17.0 Å². The third kappa shape index (κ3) is 3.82. The van der Waals surface area contributed by atoms with Gasteiger partial charge in [0.2, 0.25) is 0 Å². The molecule has 0 atom stereocenters. The van der Waals surface area contributed by atoms with Gasteiger partial charge in [-0.25, -0.2) is 0 Å². The summed E-state index contributed by atoms with van der Waals surface area (Å²) >= 11 is 0. The number of morpholine rings is 1. The number of para-hydroxylation sites is 1. The molecule has 3 aliphatic rings. The van der Waals surface area contributed by atoms with Gasteiger partial charge in [0.25, 0.3) is 5.91 Å². The largest absolute Gasteiger partial charge is 0.486 e. The summed E-state index contributed by atoms with van der Waals surface area (Å²) in [6.45, 7) is 4.80. The van der Waals surface area contributed by atoms with Crippen molar-refractivity contribution in [3.63, 3.8) is 0 Å². The fourth-order valence-electron chi connectivity index (χ4n) is 4.42. The topological polar surface area (TPSA) is 51.2 Å². The molecule has 2 aromatic carbocycles. The maximum atomic E-state index is 12.4. The van der Waals surface area contributed by atoms with Gasteiger partial charge in [-0.15, -0.1) is 0 Å². The number of hydrogen-bond acceptors (Lipinski definition) is 5. The van der Waals surface area contributed by atoms with Crippen molar-refractivity contribution in [1.29, 1.82) is 0 Å². The van der Waals surface area contributed by atoms with E-state index in [4.69, 9.17) is 14.2 Å². The molecule has 2 saturated heterocycles. The zero-order chi connectivity index (χ0) is 19.7. The van der Waals surface area contributed by atoms with E-state index >= 15 is 0 Å². The van der Waals surface area contributed by atoms with Crippen molar-refractivity contribution in [3.05, 3.63) is 54.1 Å². The van der Waals surface area contributed by atoms with Gasteiger partial charge in [0.15, 0.2) is 11.5 Å². The predicted octanol–water partition coefficient (Wildman–Crippen LogP) is 2.86. The number of carbonyl (C=O) groups excluding carboxylic acids is 1. The van der Waals surface area contributed by atoms with Crippen LogP contribution in [0.25, 0.3) is 0 Å². The monoisotopic (exact) mass is 394 g/mol. The number of likely N-dealkylation sites (tertiary alicyclic amines) is 1. The average Bonchev–Trinajstić information content (AvgIpc) is 2.78. The van der Waals surface area contributed by atoms with Gasteiger partial charge in [-0.2, -0.15) is 0 Å². The van der Waals surface area contributed by atoms with Crippen LogP contribution in [0.4, 0.5) is 5.69 Å². The summed E-state index contributed by atoms with van der Waals surface area (Å²) in [7, 11) is 0. The molecule has 2 fully saturated rings. The Morgan fingerprint density at radius 1 is 0.931 bits per heavy atom. The minimum Gasteiger partial charge on any atom is -0.486 e. The number of nitrogens with zero attached hydrogens (tertiary/aromatic N) is 2. The van der Waals surface area contributed by atoms with Gasteiger partial charge in [-0.05, 0) is 42.7 Å². The predicted molar refractivity (Wildman–Crippen MR) is 109 cm³/mol. The number of amides is 1. The molecule has 0 unspecified atom stereocenters. The van der Waals surface area contributed by atoms with Crippen molar-refractivity contribution in [2.45, 2.75) is 25.0 Å². The number of fused-ring (bicyclic) bond motifs is 1. The molecule has 152 valence electrons. The number of hydrogen-bond donors (Lipinski definition) is 0. The highest BCUT2D eigenvalue weighted by atomic mass is 16.6. The summed E-state index contributed by atoms with van der Waals surface area (Å²) in [5.41, 5.74) is 1.95. The third-order valence-electron chi connectivity index (χ3n) is 6.10. The average molecular weight is 394 g/mol. The number of benzene rings is 2. The summed E-state index contributed by atoms with van der Waals surface area (Å²) in [5.74, 6) is 1.72. The quantitative estimate of drug-likeness (QED) is 0.801. The fourth-order valence-corrected chi connectivity index (χ4v) is 4.42. The van der Waals surface area contributed by atoms with Gasteiger partial charge < -0.3 is 19.1 Å². The van der Waals surface area contributed by atoms with E-state index < -0.39 is 0 Å². The van der Waals surface area contributed by atoms with Gasteiger partial charge in [0.05, 0.1) is 12.1 Å². The van der Waals surface area contributed by atoms with Gasteiger partial charge in [-0.1, -0.05) is 24.3 Å². The van der Waals surface area contributed by atoms with Gasteiger partial charge in [0.1, 0.15) is 19.8 Å². The second kappa shape index (κ2) is 7.69. The summed E-state index contributed by atoms with van der Waals surface area (Å²) < 4.78 is 17.4. The molecule has 0 aromatic heterocycles. The lowest BCUT2D eigenvalue weighted by atomic mass is 9.88. The zero-order valence-electron chi connectivity index (χ0n) is 16.5. The molecule has 0 N–H and O–H groups in total. The van der Waals surface area contributed by atoms with Crippen LogP contribution in [-0.2, 0) is 16.1 Å². The fraction of sp³-hybridized carbons (Fsp3) is 0.435. The Morgan fingerprint density at radius 2 is 1.69 bits per heavy atom. The summed E-state index contributed by atoms with van der Waals surface area (Å²) in [6, 6.07) is 16.1. The van der Waals surface area contributed by atoms with E-state index in [0.717, 1.165) is 49.7 Å². The minimum atomic E-state index is -0.243. The summed E-state index contributed by atoms with van der Waals surface area (Å²) in [5, 5.41) is 0. The minimum absolute atomic E-state index is 0.0422. The Hall–Kier alpha value is -2.57. The van der Waals surface area contributed by atoms with E-state index in [-0.39, 0.29) is 18.1 Å². The van der Waals surface area contributed by atoms with Crippen LogP contribution < -0.4 is 14.4 Å². The van der Waals surface area contributed by atoms with E-state index in [9.17, 15) is 4.79 Å². The molecule has 5 rings (SSSR count). The normalized spacial score (nSPS) is 21.4. The maximum absolute atomic E-state index is 12.4. The van der Waals surface area contributed by atoms with Crippen molar-refractivity contribution >= 4 is 11.6 Å². The first-order valence-electron chi connectivity index (χ1n) is 10.3. The number of piperidine rings is 1. The highest BCUT2D eigenvalue weighted by molar-refractivity contribution is 5.95. The van der Waals surface area contributed by atoms with Crippen LogP contribution in [0.3, 0.4) is 0 Å². The van der Waals surface area contributed by atoms with Crippen molar-refractivity contribution in [2.24, 2.45) is 0 Å². The Balaban J connectivity index is 1.22. The van der Waals surface area contributed by atoms with Crippen LogP contribution in [0.15, 0.2) is 48.5 Å². The smallest absolute Gasteiger partial charge is 0.253 e. The van der Waals surface area contributed by atoms with Crippen molar-refractivity contribution < 1.29 is 19.0 Å². The first-order valence-corrected chi connectivity index (χ1v) is 10.3. The number of anilines is 1. The van der Waals surface area contributed by atoms with Crippen LogP contribution in [-0.4, -0.2) is 55.9 Å². The standard InChI is InChI=1S/C23H26N2O4/c26-22-16-29-23(17-25(22)19-4-2-1-3-5-19)8-10-24(11-9-23)15-18-6-7-20-21(14-18)28-13-12-27-20/h1-7,14H,8-13,15-17H2. The van der Waals surface area contributed by atoms with Crippen LogP contribution in [0.5, 0.6) is 11.5 Å². The lowest BCUT2D eigenvalue weighted by molar-refractivity contribution is -0.144. The molecule has 0 radical (unpaired) electrons. The SMILES string of the molecule is O=C1COC2(CCN(Cc3ccc4c(c3)OCCO4)CC2)CN1c1ccccc1. The molecule has 0 saturated carbocycles. The second-order valence-corrected chi connectivity index (χ2v) is 8.04. The van der Waals surface area contributed by atoms with Crippen LogP contribution >= 0.6 is 0 Å². The second-order valence-electron chi connectivity index (χ2n) is 8.04. The summed E-state index contributed by atoms with van der Waals surface area (Å²) in [4.78, 5) is 16.7. The highest BCUT2D eigenvalue weighted by Crippen LogP contribution is 2.34. The van der Waals surface area contributed by atoms with Gasteiger partial charge in [0, 0.05) is 25.3 Å². The van der Waals surface area contributed by atoms with Gasteiger partial charge in [-0.3, -0.25) is 9.69 Å². The number of ether oxygens (including phenoxy) is 3. The van der Waals surface area contributed by atoms with Crippen molar-refractivity contribution in [1.82, 2.24) is 4.90 Å². The molecule has 29 heavy (non-hydrogen) atoms.